The van der Waals surface area contributed by atoms with Crippen LogP contribution in [0.25, 0.3) is 5.76 Å². The fourth-order valence-corrected chi connectivity index (χ4v) is 2.59. The first kappa shape index (κ1) is 16.5. The van der Waals surface area contributed by atoms with Crippen LogP contribution in [0.2, 0.25) is 0 Å². The highest BCUT2D eigenvalue weighted by molar-refractivity contribution is 6.39. The Morgan fingerprint density at radius 3 is 2.44 bits per heavy atom. The number of fused-ring (bicyclic) bond motifs is 1. The lowest BCUT2D eigenvalue weighted by molar-refractivity contribution is 0.104. The minimum absolute atomic E-state index is 0.0602. The van der Waals surface area contributed by atoms with Gasteiger partial charge in [0, 0.05) is 11.1 Å². The third kappa shape index (κ3) is 3.15. The van der Waals surface area contributed by atoms with Crippen molar-refractivity contribution in [3.63, 3.8) is 0 Å². The highest BCUT2D eigenvalue weighted by Crippen LogP contribution is 2.32. The van der Waals surface area contributed by atoms with Gasteiger partial charge < -0.3 is 9.84 Å². The Labute approximate surface area is 145 Å². The van der Waals surface area contributed by atoms with Gasteiger partial charge in [0.15, 0.2) is 11.5 Å². The average molecular weight is 332 g/mol. The molecule has 1 aliphatic rings. The number of benzene rings is 2. The van der Waals surface area contributed by atoms with Gasteiger partial charge in [-0.1, -0.05) is 31.2 Å². The number of hydrogen-bond donors (Lipinski definition) is 1. The number of ether oxygens (including phenoxy) is 1. The van der Waals surface area contributed by atoms with Crippen molar-refractivity contribution in [2.45, 2.75) is 13.3 Å². The van der Waals surface area contributed by atoms with Crippen LogP contribution in [0.15, 0.2) is 59.1 Å². The molecule has 0 amide bonds. The molecule has 0 atom stereocenters. The van der Waals surface area contributed by atoms with Crippen molar-refractivity contribution >= 4 is 22.9 Å². The van der Waals surface area contributed by atoms with Gasteiger partial charge in [-0.25, -0.2) is 4.99 Å². The smallest absolute Gasteiger partial charge is 0.200 e. The van der Waals surface area contributed by atoms with Crippen molar-refractivity contribution in [3.8, 4) is 11.8 Å². The molecule has 1 N–H and O–H groups in total. The molecule has 0 bridgehead atoms. The highest BCUT2D eigenvalue weighted by atomic mass is 16.5. The first-order valence-corrected chi connectivity index (χ1v) is 7.95. The Kier molecular flexibility index (Phi) is 4.62. The van der Waals surface area contributed by atoms with E-state index in [9.17, 15) is 15.2 Å². The number of nitriles is 1. The molecule has 2 aromatic carbocycles. The van der Waals surface area contributed by atoms with Gasteiger partial charge in [0.2, 0.25) is 0 Å². The molecule has 0 saturated carbocycles. The second-order valence-electron chi connectivity index (χ2n) is 5.51. The highest BCUT2D eigenvalue weighted by Gasteiger charge is 2.32. The molecule has 0 saturated heterocycles. The number of aliphatic hydroxyl groups excluding tert-OH is 1. The number of Topliss-reactive ketones (excluding diaryl/α,β-unsaturated/α-hetero) is 1. The standard InChI is InChI=1S/C20H16N2O3/c1-2-11-25-14-9-7-13(8-10-14)22-17(12-21)18-19(23)15-5-3-4-6-16(15)20(18)24/h3-10,23H,2,11H2,1H3. The minimum atomic E-state index is -0.392. The third-order valence-corrected chi connectivity index (χ3v) is 3.78. The number of ketones is 1. The monoisotopic (exact) mass is 332 g/mol. The van der Waals surface area contributed by atoms with Crippen molar-refractivity contribution < 1.29 is 14.6 Å². The van der Waals surface area contributed by atoms with E-state index in [0.717, 1.165) is 6.42 Å². The maximum absolute atomic E-state index is 12.5. The summed E-state index contributed by atoms with van der Waals surface area (Å²) in [6.45, 7) is 2.65. The third-order valence-electron chi connectivity index (χ3n) is 3.78. The van der Waals surface area contributed by atoms with Crippen molar-refractivity contribution in [1.82, 2.24) is 0 Å². The Bertz CT molecular complexity index is 919. The van der Waals surface area contributed by atoms with Gasteiger partial charge in [0.1, 0.15) is 23.2 Å². The predicted molar refractivity (Wildman–Crippen MR) is 95.3 cm³/mol. The summed E-state index contributed by atoms with van der Waals surface area (Å²) in [6, 6.07) is 15.5. The molecule has 0 aromatic heterocycles. The number of hydrogen-bond acceptors (Lipinski definition) is 5. The zero-order valence-corrected chi connectivity index (χ0v) is 13.7. The summed E-state index contributed by atoms with van der Waals surface area (Å²) in [5.74, 6) is 0.116. The van der Waals surface area contributed by atoms with Crippen molar-refractivity contribution in [1.29, 1.82) is 5.26 Å². The molecule has 124 valence electrons. The zero-order valence-electron chi connectivity index (χ0n) is 13.7. The zero-order chi connectivity index (χ0) is 17.8. The molecule has 3 rings (SSSR count). The summed E-state index contributed by atoms with van der Waals surface area (Å²) in [6.07, 6.45) is 0.911. The second kappa shape index (κ2) is 7.02. The summed E-state index contributed by atoms with van der Waals surface area (Å²) in [7, 11) is 0. The van der Waals surface area contributed by atoms with Crippen LogP contribution in [-0.4, -0.2) is 23.2 Å². The maximum atomic E-state index is 12.5. The summed E-state index contributed by atoms with van der Waals surface area (Å²) >= 11 is 0. The summed E-state index contributed by atoms with van der Waals surface area (Å²) in [5, 5.41) is 19.8. The molecular weight excluding hydrogens is 316 g/mol. The van der Waals surface area contributed by atoms with E-state index in [1.807, 2.05) is 13.0 Å². The van der Waals surface area contributed by atoms with Gasteiger partial charge in [0.25, 0.3) is 0 Å². The fraction of sp³-hybridized carbons (Fsp3) is 0.150. The molecular formula is C20H16N2O3. The topological polar surface area (TPSA) is 82.7 Å². The fourth-order valence-electron chi connectivity index (χ4n) is 2.59. The van der Waals surface area contributed by atoms with Crippen molar-refractivity contribution in [3.05, 3.63) is 65.2 Å². The van der Waals surface area contributed by atoms with E-state index in [1.54, 1.807) is 48.5 Å². The van der Waals surface area contributed by atoms with Crippen LogP contribution in [-0.2, 0) is 0 Å². The lowest BCUT2D eigenvalue weighted by Crippen LogP contribution is -2.08. The van der Waals surface area contributed by atoms with E-state index in [0.29, 0.717) is 29.2 Å². The molecule has 0 spiro atoms. The van der Waals surface area contributed by atoms with Crippen LogP contribution >= 0.6 is 0 Å². The molecule has 0 radical (unpaired) electrons. The second-order valence-corrected chi connectivity index (χ2v) is 5.51. The maximum Gasteiger partial charge on any atom is 0.200 e. The number of carbonyl (C=O) groups excluding carboxylic acids is 1. The van der Waals surface area contributed by atoms with Gasteiger partial charge in [-0.15, -0.1) is 0 Å². The quantitative estimate of drug-likeness (QED) is 0.830. The van der Waals surface area contributed by atoms with Gasteiger partial charge in [-0.3, -0.25) is 4.79 Å². The summed E-state index contributed by atoms with van der Waals surface area (Å²) in [4.78, 5) is 16.7. The van der Waals surface area contributed by atoms with Gasteiger partial charge >= 0.3 is 0 Å². The van der Waals surface area contributed by atoms with E-state index in [2.05, 4.69) is 4.99 Å². The van der Waals surface area contributed by atoms with E-state index >= 15 is 0 Å². The average Bonchev–Trinajstić information content (AvgIpc) is 2.90. The largest absolute Gasteiger partial charge is 0.506 e. The molecule has 5 nitrogen and oxygen atoms in total. The van der Waals surface area contributed by atoms with Crippen LogP contribution < -0.4 is 4.74 Å². The molecule has 0 heterocycles. The first-order chi connectivity index (χ1) is 12.2. The van der Waals surface area contributed by atoms with Gasteiger partial charge in [-0.2, -0.15) is 5.26 Å². The van der Waals surface area contributed by atoms with Gasteiger partial charge in [-0.05, 0) is 30.7 Å². The Morgan fingerprint density at radius 1 is 1.16 bits per heavy atom. The van der Waals surface area contributed by atoms with E-state index in [4.69, 9.17) is 4.74 Å². The molecule has 1 aliphatic carbocycles. The van der Waals surface area contributed by atoms with Crippen molar-refractivity contribution in [2.24, 2.45) is 4.99 Å². The number of aliphatic imine (C=N–C) groups is 1. The number of nitrogens with zero attached hydrogens (tertiary/aromatic N) is 2. The number of rotatable bonds is 5. The van der Waals surface area contributed by atoms with E-state index in [-0.39, 0.29) is 17.0 Å². The summed E-state index contributed by atoms with van der Waals surface area (Å²) in [5.41, 5.74) is 1.13. The molecule has 0 fully saturated rings. The van der Waals surface area contributed by atoms with Crippen LogP contribution in [0.4, 0.5) is 5.69 Å². The number of carbonyl (C=O) groups is 1. The van der Waals surface area contributed by atoms with Crippen LogP contribution in [0.3, 0.4) is 0 Å². The van der Waals surface area contributed by atoms with E-state index in [1.165, 1.54) is 0 Å². The lowest BCUT2D eigenvalue weighted by atomic mass is 10.1. The van der Waals surface area contributed by atoms with Crippen LogP contribution in [0, 0.1) is 11.3 Å². The SMILES string of the molecule is CCCOc1ccc(N=C(C#N)C2=C(O)c3ccccc3C2=O)cc1. The predicted octanol–water partition coefficient (Wildman–Crippen LogP) is 4.24. The van der Waals surface area contributed by atoms with Crippen LogP contribution in [0.1, 0.15) is 29.3 Å². The number of aliphatic hydroxyl groups is 1. The first-order valence-electron chi connectivity index (χ1n) is 7.95. The molecule has 2 aromatic rings. The Hall–Kier alpha value is -3.39. The Morgan fingerprint density at radius 2 is 1.84 bits per heavy atom. The lowest BCUT2D eigenvalue weighted by Gasteiger charge is -2.04. The minimum Gasteiger partial charge on any atom is -0.506 e. The molecule has 0 aliphatic heterocycles. The Balaban J connectivity index is 1.93. The normalized spacial score (nSPS) is 13.6. The molecule has 0 unspecified atom stereocenters. The molecule has 5 heteroatoms. The van der Waals surface area contributed by atoms with Crippen molar-refractivity contribution in [2.75, 3.05) is 6.61 Å². The number of allylic oxidation sites excluding steroid dienone is 1. The van der Waals surface area contributed by atoms with E-state index < -0.39 is 5.78 Å². The molecule has 25 heavy (non-hydrogen) atoms. The van der Waals surface area contributed by atoms with Gasteiger partial charge in [0.05, 0.1) is 12.3 Å². The summed E-state index contributed by atoms with van der Waals surface area (Å²) < 4.78 is 5.50. The van der Waals surface area contributed by atoms with Crippen LogP contribution in [0.5, 0.6) is 5.75 Å².